The van der Waals surface area contributed by atoms with Gasteiger partial charge >= 0.3 is 0 Å². The highest BCUT2D eigenvalue weighted by molar-refractivity contribution is 6.31. The molecule has 1 aromatic heterocycles. The highest BCUT2D eigenvalue weighted by atomic mass is 35.5. The minimum Gasteiger partial charge on any atom is -0.390 e. The van der Waals surface area contributed by atoms with Crippen LogP contribution in [0.5, 0.6) is 0 Å². The van der Waals surface area contributed by atoms with E-state index in [1.54, 1.807) is 6.92 Å². The number of aryl methyl sites for hydroxylation is 1. The van der Waals surface area contributed by atoms with Crippen LogP contribution in [0.1, 0.15) is 42.1 Å². The first-order chi connectivity index (χ1) is 19.3. The third kappa shape index (κ3) is 5.16. The van der Waals surface area contributed by atoms with Crippen LogP contribution in [0.25, 0.3) is 11.3 Å². The average Bonchev–Trinajstić information content (AvgIpc) is 3.47. The van der Waals surface area contributed by atoms with Gasteiger partial charge in [0.25, 0.3) is 0 Å². The number of halogens is 1. The van der Waals surface area contributed by atoms with Gasteiger partial charge in [-0.3, -0.25) is 14.3 Å². The Kier molecular flexibility index (Phi) is 7.42. The van der Waals surface area contributed by atoms with Crippen molar-refractivity contribution in [3.05, 3.63) is 69.9 Å². The molecule has 3 aliphatic rings. The molecule has 0 saturated carbocycles. The molecular weight excluding hydrogens is 526 g/mol. The van der Waals surface area contributed by atoms with Crippen molar-refractivity contribution in [1.29, 1.82) is 0 Å². The van der Waals surface area contributed by atoms with E-state index in [9.17, 15) is 14.7 Å². The van der Waals surface area contributed by atoms with Crippen LogP contribution in [0.4, 0.5) is 5.69 Å². The molecule has 0 radical (unpaired) electrons. The fourth-order valence-electron chi connectivity index (χ4n) is 6.53. The van der Waals surface area contributed by atoms with Crippen LogP contribution in [0.3, 0.4) is 0 Å². The molecule has 1 unspecified atom stereocenters. The normalized spacial score (nSPS) is 18.6. The van der Waals surface area contributed by atoms with Gasteiger partial charge < -0.3 is 19.8 Å². The lowest BCUT2D eigenvalue weighted by Gasteiger charge is -2.37. The second-order valence-corrected chi connectivity index (χ2v) is 11.8. The summed E-state index contributed by atoms with van der Waals surface area (Å²) in [6, 6.07) is 14.2. The van der Waals surface area contributed by atoms with Gasteiger partial charge in [-0.05, 0) is 49.1 Å². The molecule has 0 bridgehead atoms. The number of piperidine rings is 1. The highest BCUT2D eigenvalue weighted by Crippen LogP contribution is 2.34. The molecule has 0 spiro atoms. The molecule has 1 atom stereocenters. The molecule has 1 fully saturated rings. The fraction of sp³-hybridized carbons (Fsp3) is 0.452. The molecule has 2 amide bonds. The average molecular weight is 562 g/mol. The smallest absolute Gasteiger partial charge is 0.231 e. The Hall–Kier alpha value is -3.20. The zero-order valence-corrected chi connectivity index (χ0v) is 23.9. The van der Waals surface area contributed by atoms with Gasteiger partial charge in [-0.25, -0.2) is 0 Å². The van der Waals surface area contributed by atoms with Crippen molar-refractivity contribution in [2.24, 2.45) is 0 Å². The number of carbonyl (C=O) groups excluding carboxylic acids is 2. The Labute approximate surface area is 240 Å². The third-order valence-electron chi connectivity index (χ3n) is 8.65. The van der Waals surface area contributed by atoms with Crippen LogP contribution >= 0.6 is 11.6 Å². The van der Waals surface area contributed by atoms with Crippen LogP contribution in [-0.2, 0) is 35.5 Å². The first-order valence-electron chi connectivity index (χ1n) is 14.2. The number of rotatable bonds is 6. The minimum atomic E-state index is -0.583. The van der Waals surface area contributed by atoms with E-state index < -0.39 is 6.10 Å². The van der Waals surface area contributed by atoms with E-state index in [1.807, 2.05) is 57.8 Å². The number of β-amino-alcohol motifs (C(OH)–C–C–N with tert-alkyl or cyclic N) is 1. The van der Waals surface area contributed by atoms with E-state index in [-0.39, 0.29) is 17.9 Å². The van der Waals surface area contributed by atoms with Crippen molar-refractivity contribution in [1.82, 2.24) is 19.6 Å². The van der Waals surface area contributed by atoms with Crippen LogP contribution in [0, 0.1) is 6.92 Å². The summed E-state index contributed by atoms with van der Waals surface area (Å²) in [5.41, 5.74) is 7.11. The monoisotopic (exact) mass is 561 g/mol. The first kappa shape index (κ1) is 27.0. The zero-order chi connectivity index (χ0) is 28.0. The fourth-order valence-corrected chi connectivity index (χ4v) is 6.65. The Balaban J connectivity index is 1.14. The summed E-state index contributed by atoms with van der Waals surface area (Å²) in [6.07, 6.45) is 2.40. The summed E-state index contributed by atoms with van der Waals surface area (Å²) in [7, 11) is 0. The van der Waals surface area contributed by atoms with Gasteiger partial charge in [-0.1, -0.05) is 35.9 Å². The molecule has 3 aliphatic heterocycles. The first-order valence-corrected chi connectivity index (χ1v) is 14.6. The number of carbonyl (C=O) groups is 2. The molecule has 9 heteroatoms. The van der Waals surface area contributed by atoms with Crippen molar-refractivity contribution in [3.8, 4) is 11.3 Å². The number of aliphatic hydroxyl groups is 1. The number of benzene rings is 2. The van der Waals surface area contributed by atoms with Gasteiger partial charge in [0.15, 0.2) is 0 Å². The van der Waals surface area contributed by atoms with Gasteiger partial charge in [-0.15, -0.1) is 0 Å². The predicted octanol–water partition coefficient (Wildman–Crippen LogP) is 3.83. The maximum atomic E-state index is 12.7. The topological polar surface area (TPSA) is 81.9 Å². The SMILES string of the molecule is CC(=O)N1CCc2c(c(-c3ccc(Cl)c(C)c3)nn2CC(O)CN2CCC(N3C(=O)Cc4ccccc43)CC2)C1. The largest absolute Gasteiger partial charge is 0.390 e. The molecule has 1 N–H and O–H groups in total. The molecule has 3 aromatic rings. The molecule has 40 heavy (non-hydrogen) atoms. The van der Waals surface area contributed by atoms with Crippen LogP contribution in [0.15, 0.2) is 42.5 Å². The van der Waals surface area contributed by atoms with E-state index in [2.05, 4.69) is 11.0 Å². The summed E-state index contributed by atoms with van der Waals surface area (Å²) >= 11 is 6.28. The molecule has 0 aliphatic carbocycles. The van der Waals surface area contributed by atoms with Crippen molar-refractivity contribution in [3.63, 3.8) is 0 Å². The molecule has 8 nitrogen and oxygen atoms in total. The Morgan fingerprint density at radius 1 is 1.12 bits per heavy atom. The van der Waals surface area contributed by atoms with Crippen LogP contribution in [-0.4, -0.2) is 74.8 Å². The summed E-state index contributed by atoms with van der Waals surface area (Å²) < 4.78 is 1.95. The summed E-state index contributed by atoms with van der Waals surface area (Å²) in [5, 5.41) is 16.8. The highest BCUT2D eigenvalue weighted by Gasteiger charge is 2.35. The Morgan fingerprint density at radius 3 is 2.65 bits per heavy atom. The second-order valence-electron chi connectivity index (χ2n) is 11.4. The van der Waals surface area contributed by atoms with Crippen molar-refractivity contribution in [2.45, 2.75) is 64.8 Å². The summed E-state index contributed by atoms with van der Waals surface area (Å²) in [5.74, 6) is 0.248. The number of likely N-dealkylation sites (tertiary alicyclic amines) is 1. The van der Waals surface area contributed by atoms with Crippen molar-refractivity contribution in [2.75, 3.05) is 31.1 Å². The van der Waals surface area contributed by atoms with Gasteiger partial charge in [0.05, 0.1) is 24.8 Å². The number of fused-ring (bicyclic) bond motifs is 2. The molecular formula is C31H36ClN5O3. The summed E-state index contributed by atoms with van der Waals surface area (Å²) in [6.45, 7) is 7.38. The predicted molar refractivity (Wildman–Crippen MR) is 155 cm³/mol. The maximum absolute atomic E-state index is 12.7. The minimum absolute atomic E-state index is 0.0548. The molecule has 1 saturated heterocycles. The number of nitrogens with zero attached hydrogens (tertiary/aromatic N) is 5. The number of aliphatic hydroxyl groups excluding tert-OH is 1. The lowest BCUT2D eigenvalue weighted by atomic mass is 9.99. The number of amides is 2. The van der Waals surface area contributed by atoms with E-state index in [0.29, 0.717) is 44.0 Å². The zero-order valence-electron chi connectivity index (χ0n) is 23.1. The van der Waals surface area contributed by atoms with Crippen LogP contribution in [0.2, 0.25) is 5.02 Å². The number of aromatic nitrogens is 2. The quantitative estimate of drug-likeness (QED) is 0.495. The van der Waals surface area contributed by atoms with Gasteiger partial charge in [0, 0.05) is 79.6 Å². The van der Waals surface area contributed by atoms with Gasteiger partial charge in [-0.2, -0.15) is 5.10 Å². The Bertz CT molecular complexity index is 1440. The number of para-hydroxylation sites is 1. The molecule has 210 valence electrons. The van der Waals surface area contributed by atoms with E-state index >= 15 is 0 Å². The van der Waals surface area contributed by atoms with E-state index in [4.69, 9.17) is 16.7 Å². The summed E-state index contributed by atoms with van der Waals surface area (Å²) in [4.78, 5) is 31.1. The third-order valence-corrected chi connectivity index (χ3v) is 9.07. The van der Waals surface area contributed by atoms with Crippen molar-refractivity contribution < 1.29 is 14.7 Å². The lowest BCUT2D eigenvalue weighted by Crippen LogP contribution is -2.48. The van der Waals surface area contributed by atoms with Gasteiger partial charge in [0.2, 0.25) is 11.8 Å². The second kappa shape index (κ2) is 11.0. The number of hydrogen-bond acceptors (Lipinski definition) is 5. The number of hydrogen-bond donors (Lipinski definition) is 1. The number of anilines is 1. The standard InChI is InChI=1S/C31H36ClN5O3/c1-20-15-23(7-8-27(20)32)31-26-19-35(21(2)38)14-11-29(26)36(33-31)18-25(39)17-34-12-9-24(10-13-34)37-28-6-4-3-5-22(28)16-30(37)40/h3-8,15,24-25,39H,9-14,16-19H2,1-2H3. The van der Waals surface area contributed by atoms with E-state index in [1.165, 1.54) is 0 Å². The van der Waals surface area contributed by atoms with Crippen molar-refractivity contribution >= 4 is 29.1 Å². The van der Waals surface area contributed by atoms with E-state index in [0.717, 1.165) is 65.3 Å². The molecule has 2 aromatic carbocycles. The maximum Gasteiger partial charge on any atom is 0.231 e. The molecule has 4 heterocycles. The Morgan fingerprint density at radius 2 is 1.90 bits per heavy atom. The molecule has 6 rings (SSSR count). The van der Waals surface area contributed by atoms with Gasteiger partial charge in [0.1, 0.15) is 0 Å². The van der Waals surface area contributed by atoms with Crippen LogP contribution < -0.4 is 4.90 Å². The lowest BCUT2D eigenvalue weighted by molar-refractivity contribution is -0.129.